The van der Waals surface area contributed by atoms with Crippen LogP contribution in [0.3, 0.4) is 0 Å². The van der Waals surface area contributed by atoms with Gasteiger partial charge in [-0.05, 0) is 38.0 Å². The second kappa shape index (κ2) is 7.72. The van der Waals surface area contributed by atoms with Gasteiger partial charge in [-0.3, -0.25) is 14.4 Å². The van der Waals surface area contributed by atoms with Gasteiger partial charge in [0.2, 0.25) is 0 Å². The van der Waals surface area contributed by atoms with E-state index in [0.29, 0.717) is 10.8 Å². The lowest BCUT2D eigenvalue weighted by molar-refractivity contribution is -0.141. The lowest BCUT2D eigenvalue weighted by Gasteiger charge is -2.11. The summed E-state index contributed by atoms with van der Waals surface area (Å²) in [4.78, 5) is 18.4. The number of benzene rings is 1. The molecule has 6 nitrogen and oxygen atoms in total. The maximum absolute atomic E-state index is 12.1. The SMILES string of the molecule is CCc1sc2c(c1C)C(c1ccc(Cl)cc1)=NC(CC(=O)OC)c1nnc(C)n1-2. The van der Waals surface area contributed by atoms with Crippen LogP contribution in [0.1, 0.15) is 52.6 Å². The molecule has 0 amide bonds. The number of aryl methyl sites for hydroxylation is 2. The number of nitrogens with zero attached hydrogens (tertiary/aromatic N) is 4. The topological polar surface area (TPSA) is 69.4 Å². The van der Waals surface area contributed by atoms with Gasteiger partial charge in [0.15, 0.2) is 5.82 Å². The highest BCUT2D eigenvalue weighted by Crippen LogP contribution is 2.40. The zero-order chi connectivity index (χ0) is 20.7. The Bertz CT molecular complexity index is 1110. The number of hydrogen-bond acceptors (Lipinski definition) is 6. The first-order chi connectivity index (χ1) is 13.9. The maximum Gasteiger partial charge on any atom is 0.308 e. The smallest absolute Gasteiger partial charge is 0.308 e. The number of methoxy groups -OCH3 is 1. The Morgan fingerprint density at radius 3 is 2.62 bits per heavy atom. The van der Waals surface area contributed by atoms with Crippen LogP contribution in [-0.4, -0.2) is 33.6 Å². The molecule has 0 N–H and O–H groups in total. The number of carbonyl (C=O) groups excluding carboxylic acids is 1. The van der Waals surface area contributed by atoms with Crippen LogP contribution in [0.2, 0.25) is 5.02 Å². The Hall–Kier alpha value is -2.51. The van der Waals surface area contributed by atoms with E-state index in [1.165, 1.54) is 17.6 Å². The summed E-state index contributed by atoms with van der Waals surface area (Å²) in [5.74, 6) is 1.09. The van der Waals surface area contributed by atoms with E-state index in [1.807, 2.05) is 35.8 Å². The summed E-state index contributed by atoms with van der Waals surface area (Å²) in [6, 6.07) is 7.14. The first kappa shape index (κ1) is 19.8. The van der Waals surface area contributed by atoms with Crippen molar-refractivity contribution in [2.45, 2.75) is 39.7 Å². The van der Waals surface area contributed by atoms with Gasteiger partial charge >= 0.3 is 5.97 Å². The summed E-state index contributed by atoms with van der Waals surface area (Å²) >= 11 is 7.84. The van der Waals surface area contributed by atoms with E-state index >= 15 is 0 Å². The molecule has 1 aromatic carbocycles. The van der Waals surface area contributed by atoms with Gasteiger partial charge in [-0.1, -0.05) is 30.7 Å². The first-order valence-electron chi connectivity index (χ1n) is 9.40. The van der Waals surface area contributed by atoms with Crippen molar-refractivity contribution in [2.75, 3.05) is 7.11 Å². The van der Waals surface area contributed by atoms with E-state index in [-0.39, 0.29) is 12.4 Å². The standard InChI is InChI=1S/C21H21ClN4O2S/c1-5-16-11(2)18-19(13-6-8-14(22)9-7-13)23-15(10-17(27)28-4)20-25-24-12(3)26(20)21(18)29-16/h6-9,15H,5,10H2,1-4H3. The number of carbonyl (C=O) groups is 1. The molecule has 0 fully saturated rings. The molecule has 4 rings (SSSR count). The number of hydrogen-bond donors (Lipinski definition) is 0. The number of thiophene rings is 1. The van der Waals surface area contributed by atoms with Gasteiger partial charge in [0.05, 0.1) is 19.2 Å². The van der Waals surface area contributed by atoms with E-state index in [4.69, 9.17) is 21.3 Å². The monoisotopic (exact) mass is 428 g/mol. The van der Waals surface area contributed by atoms with Crippen LogP contribution in [0.25, 0.3) is 5.00 Å². The third-order valence-corrected chi connectivity index (χ3v) is 6.80. The summed E-state index contributed by atoms with van der Waals surface area (Å²) in [5.41, 5.74) is 4.04. The van der Waals surface area contributed by atoms with Crippen LogP contribution < -0.4 is 0 Å². The average molecular weight is 429 g/mol. The van der Waals surface area contributed by atoms with E-state index < -0.39 is 6.04 Å². The number of aromatic nitrogens is 3. The average Bonchev–Trinajstić information content (AvgIpc) is 3.21. The number of esters is 1. The third-order valence-electron chi connectivity index (χ3n) is 5.13. The molecular weight excluding hydrogens is 408 g/mol. The van der Waals surface area contributed by atoms with Crippen molar-refractivity contribution in [3.63, 3.8) is 0 Å². The lowest BCUT2D eigenvalue weighted by atomic mass is 9.99. The van der Waals surface area contributed by atoms with Crippen LogP contribution in [0, 0.1) is 13.8 Å². The Morgan fingerprint density at radius 2 is 1.97 bits per heavy atom. The molecule has 0 saturated carbocycles. The summed E-state index contributed by atoms with van der Waals surface area (Å²) in [6.07, 6.45) is 1.03. The normalized spacial score (nSPS) is 15.3. The number of aliphatic imine (C=N–C) groups is 1. The molecule has 0 saturated heterocycles. The molecule has 0 radical (unpaired) electrons. The largest absolute Gasteiger partial charge is 0.469 e. The minimum atomic E-state index is -0.488. The number of fused-ring (bicyclic) bond motifs is 3. The molecule has 150 valence electrons. The highest BCUT2D eigenvalue weighted by Gasteiger charge is 2.32. The number of halogens is 1. The fourth-order valence-electron chi connectivity index (χ4n) is 3.65. The van der Waals surface area contributed by atoms with Crippen LogP contribution in [0.4, 0.5) is 0 Å². The molecule has 8 heteroatoms. The highest BCUT2D eigenvalue weighted by atomic mass is 35.5. The highest BCUT2D eigenvalue weighted by molar-refractivity contribution is 7.15. The molecule has 0 bridgehead atoms. The minimum absolute atomic E-state index is 0.0976. The summed E-state index contributed by atoms with van der Waals surface area (Å²) < 4.78 is 6.94. The summed E-state index contributed by atoms with van der Waals surface area (Å²) in [7, 11) is 1.38. The van der Waals surface area contributed by atoms with Crippen molar-refractivity contribution >= 4 is 34.6 Å². The van der Waals surface area contributed by atoms with Gasteiger partial charge in [-0.15, -0.1) is 21.5 Å². The van der Waals surface area contributed by atoms with E-state index in [9.17, 15) is 4.79 Å². The molecule has 2 aromatic heterocycles. The predicted octanol–water partition coefficient (Wildman–Crippen LogP) is 4.62. The van der Waals surface area contributed by atoms with Crippen LogP contribution >= 0.6 is 22.9 Å². The molecule has 3 aromatic rings. The third kappa shape index (κ3) is 3.38. The Morgan fingerprint density at radius 1 is 1.24 bits per heavy atom. The molecule has 1 atom stereocenters. The van der Waals surface area contributed by atoms with Crippen molar-refractivity contribution in [3.8, 4) is 5.00 Å². The van der Waals surface area contributed by atoms with Crippen LogP contribution in [-0.2, 0) is 16.0 Å². The lowest BCUT2D eigenvalue weighted by Crippen LogP contribution is -2.12. The van der Waals surface area contributed by atoms with Gasteiger partial charge in [0.25, 0.3) is 0 Å². The zero-order valence-corrected chi connectivity index (χ0v) is 18.3. The van der Waals surface area contributed by atoms with Gasteiger partial charge in [-0.25, -0.2) is 0 Å². The molecule has 1 aliphatic heterocycles. The molecule has 1 unspecified atom stereocenters. The first-order valence-corrected chi connectivity index (χ1v) is 10.6. The van der Waals surface area contributed by atoms with Gasteiger partial charge in [0.1, 0.15) is 16.9 Å². The predicted molar refractivity (Wildman–Crippen MR) is 115 cm³/mol. The van der Waals surface area contributed by atoms with Crippen molar-refractivity contribution in [1.29, 1.82) is 0 Å². The molecule has 1 aliphatic rings. The fourth-order valence-corrected chi connectivity index (χ4v) is 5.07. The Balaban J connectivity index is 2.01. The van der Waals surface area contributed by atoms with Crippen LogP contribution in [0.5, 0.6) is 0 Å². The van der Waals surface area contributed by atoms with E-state index in [1.54, 1.807) is 11.3 Å². The second-order valence-electron chi connectivity index (χ2n) is 6.91. The van der Waals surface area contributed by atoms with Gasteiger partial charge < -0.3 is 4.74 Å². The van der Waals surface area contributed by atoms with Crippen molar-refractivity contribution in [1.82, 2.24) is 14.8 Å². The Kier molecular flexibility index (Phi) is 5.27. The maximum atomic E-state index is 12.1. The van der Waals surface area contributed by atoms with Crippen molar-refractivity contribution < 1.29 is 9.53 Å². The van der Waals surface area contributed by atoms with E-state index in [2.05, 4.69) is 24.0 Å². The molecule has 0 aliphatic carbocycles. The summed E-state index contributed by atoms with van der Waals surface area (Å²) in [6.45, 7) is 6.19. The quantitative estimate of drug-likeness (QED) is 0.568. The minimum Gasteiger partial charge on any atom is -0.469 e. The van der Waals surface area contributed by atoms with Crippen molar-refractivity contribution in [2.24, 2.45) is 4.99 Å². The van der Waals surface area contributed by atoms with E-state index in [0.717, 1.165) is 34.1 Å². The molecule has 3 heterocycles. The molecule has 29 heavy (non-hydrogen) atoms. The Labute approximate surface area is 178 Å². The zero-order valence-electron chi connectivity index (χ0n) is 16.7. The molecular formula is C21H21ClN4O2S. The molecule has 0 spiro atoms. The fraction of sp³-hybridized carbons (Fsp3) is 0.333. The van der Waals surface area contributed by atoms with Crippen molar-refractivity contribution in [3.05, 3.63) is 62.5 Å². The number of rotatable bonds is 4. The van der Waals surface area contributed by atoms with Gasteiger partial charge in [0, 0.05) is 21.0 Å². The second-order valence-corrected chi connectivity index (χ2v) is 8.43. The summed E-state index contributed by atoms with van der Waals surface area (Å²) in [5, 5.41) is 10.4. The van der Waals surface area contributed by atoms with Crippen LogP contribution in [0.15, 0.2) is 29.3 Å². The number of ether oxygens (including phenoxy) is 1. The van der Waals surface area contributed by atoms with Gasteiger partial charge in [-0.2, -0.15) is 0 Å².